The first-order valence-corrected chi connectivity index (χ1v) is 6.12. The van der Waals surface area contributed by atoms with Crippen molar-refractivity contribution < 1.29 is 14.3 Å². The fourth-order valence-electron chi connectivity index (χ4n) is 2.18. The van der Waals surface area contributed by atoms with Gasteiger partial charge in [-0.15, -0.1) is 0 Å². The summed E-state index contributed by atoms with van der Waals surface area (Å²) in [6.07, 6.45) is 1.69. The molecule has 0 aromatic heterocycles. The maximum Gasteiger partial charge on any atom is 0.313 e. The van der Waals surface area contributed by atoms with Crippen molar-refractivity contribution in [2.75, 3.05) is 13.2 Å². The fraction of sp³-hybridized carbons (Fsp3) is 0.500. The van der Waals surface area contributed by atoms with Crippen molar-refractivity contribution in [2.45, 2.75) is 32.6 Å². The van der Waals surface area contributed by atoms with Gasteiger partial charge >= 0.3 is 5.97 Å². The molecular formula is C14H18O3. The molecule has 0 fully saturated rings. The van der Waals surface area contributed by atoms with E-state index in [1.807, 2.05) is 32.0 Å². The van der Waals surface area contributed by atoms with E-state index in [2.05, 4.69) is 0 Å². The summed E-state index contributed by atoms with van der Waals surface area (Å²) in [6, 6.07) is 5.98. The molecule has 1 aliphatic rings. The highest BCUT2D eigenvalue weighted by Crippen LogP contribution is 2.34. The first-order valence-electron chi connectivity index (χ1n) is 6.12. The van der Waals surface area contributed by atoms with Gasteiger partial charge in [0.15, 0.2) is 0 Å². The lowest BCUT2D eigenvalue weighted by Crippen LogP contribution is -2.15. The molecule has 0 saturated heterocycles. The number of esters is 1. The summed E-state index contributed by atoms with van der Waals surface area (Å²) < 4.78 is 10.8. The summed E-state index contributed by atoms with van der Waals surface area (Å²) in [6.45, 7) is 4.96. The number of carbonyl (C=O) groups is 1. The fourth-order valence-corrected chi connectivity index (χ4v) is 2.18. The van der Waals surface area contributed by atoms with Crippen molar-refractivity contribution >= 4 is 5.97 Å². The monoisotopic (exact) mass is 234 g/mol. The molecule has 1 aromatic carbocycles. The van der Waals surface area contributed by atoms with Crippen molar-refractivity contribution in [1.29, 1.82) is 0 Å². The number of rotatable bonds is 2. The molecule has 1 atom stereocenters. The molecule has 0 spiro atoms. The van der Waals surface area contributed by atoms with Crippen molar-refractivity contribution in [3.8, 4) is 5.75 Å². The van der Waals surface area contributed by atoms with E-state index in [1.165, 1.54) is 0 Å². The number of hydrogen-bond donors (Lipinski definition) is 0. The Morgan fingerprint density at radius 3 is 3.12 bits per heavy atom. The highest BCUT2D eigenvalue weighted by Gasteiger charge is 2.27. The lowest BCUT2D eigenvalue weighted by molar-refractivity contribution is -0.145. The third-order valence-electron chi connectivity index (χ3n) is 3.01. The van der Waals surface area contributed by atoms with Crippen LogP contribution in [-0.2, 0) is 9.53 Å². The zero-order valence-corrected chi connectivity index (χ0v) is 10.4. The van der Waals surface area contributed by atoms with E-state index >= 15 is 0 Å². The minimum atomic E-state index is -0.174. The number of benzene rings is 1. The predicted octanol–water partition coefficient (Wildman–Crippen LogP) is 2.81. The number of ether oxygens (including phenoxy) is 2. The van der Waals surface area contributed by atoms with Gasteiger partial charge in [0, 0.05) is 5.56 Å². The molecule has 0 N–H and O–H groups in total. The van der Waals surface area contributed by atoms with Crippen LogP contribution >= 0.6 is 0 Å². The Labute approximate surface area is 102 Å². The van der Waals surface area contributed by atoms with Crippen molar-refractivity contribution in [3.63, 3.8) is 0 Å². The van der Waals surface area contributed by atoms with Crippen LogP contribution in [0.3, 0.4) is 0 Å². The van der Waals surface area contributed by atoms with Crippen LogP contribution in [0.25, 0.3) is 0 Å². The Morgan fingerprint density at radius 2 is 2.35 bits per heavy atom. The summed E-state index contributed by atoms with van der Waals surface area (Å²) >= 11 is 0. The number of carbonyl (C=O) groups excluding carboxylic acids is 1. The van der Waals surface area contributed by atoms with Gasteiger partial charge in [-0.05, 0) is 32.8 Å². The van der Waals surface area contributed by atoms with E-state index in [0.29, 0.717) is 13.2 Å². The molecule has 3 nitrogen and oxygen atoms in total. The lowest BCUT2D eigenvalue weighted by Gasteiger charge is -2.15. The number of fused-ring (bicyclic) bond motifs is 1. The van der Waals surface area contributed by atoms with Crippen LogP contribution in [0.1, 0.15) is 36.8 Å². The van der Waals surface area contributed by atoms with Crippen LogP contribution in [0.15, 0.2) is 18.2 Å². The predicted molar refractivity (Wildman–Crippen MR) is 65.3 cm³/mol. The Hall–Kier alpha value is -1.51. The molecule has 17 heavy (non-hydrogen) atoms. The number of hydrogen-bond acceptors (Lipinski definition) is 3. The van der Waals surface area contributed by atoms with Crippen molar-refractivity contribution in [2.24, 2.45) is 0 Å². The Morgan fingerprint density at radius 1 is 1.53 bits per heavy atom. The van der Waals surface area contributed by atoms with Gasteiger partial charge < -0.3 is 9.47 Å². The highest BCUT2D eigenvalue weighted by atomic mass is 16.5. The Balaban J connectivity index is 2.34. The highest BCUT2D eigenvalue weighted by molar-refractivity contribution is 5.79. The molecule has 0 bridgehead atoms. The summed E-state index contributed by atoms with van der Waals surface area (Å²) in [4.78, 5) is 11.9. The molecule has 2 rings (SSSR count). The second-order valence-electron chi connectivity index (χ2n) is 4.34. The molecule has 0 aliphatic carbocycles. The van der Waals surface area contributed by atoms with Gasteiger partial charge in [-0.3, -0.25) is 4.79 Å². The van der Waals surface area contributed by atoms with E-state index in [-0.39, 0.29) is 11.9 Å². The van der Waals surface area contributed by atoms with Gasteiger partial charge in [0.25, 0.3) is 0 Å². The van der Waals surface area contributed by atoms with Gasteiger partial charge in [0.2, 0.25) is 0 Å². The third kappa shape index (κ3) is 2.60. The first-order chi connectivity index (χ1) is 8.22. The zero-order valence-electron chi connectivity index (χ0n) is 10.4. The van der Waals surface area contributed by atoms with E-state index < -0.39 is 0 Å². The summed E-state index contributed by atoms with van der Waals surface area (Å²) in [7, 11) is 0. The molecule has 1 aliphatic heterocycles. The Bertz CT molecular complexity index is 412. The Kier molecular flexibility index (Phi) is 3.67. The number of aryl methyl sites for hydroxylation is 1. The van der Waals surface area contributed by atoms with Crippen LogP contribution in [0.5, 0.6) is 5.75 Å². The smallest absolute Gasteiger partial charge is 0.313 e. The normalized spacial score (nSPS) is 18.8. The lowest BCUT2D eigenvalue weighted by atomic mass is 9.93. The van der Waals surface area contributed by atoms with Gasteiger partial charge in [0.05, 0.1) is 19.1 Å². The van der Waals surface area contributed by atoms with Crippen LogP contribution in [0, 0.1) is 6.92 Å². The second-order valence-corrected chi connectivity index (χ2v) is 4.34. The van der Waals surface area contributed by atoms with E-state index in [1.54, 1.807) is 0 Å². The van der Waals surface area contributed by atoms with E-state index in [9.17, 15) is 4.79 Å². The molecule has 1 unspecified atom stereocenters. The molecule has 0 saturated carbocycles. The summed E-state index contributed by atoms with van der Waals surface area (Å²) in [5.74, 6) is 0.517. The van der Waals surface area contributed by atoms with Crippen molar-refractivity contribution in [1.82, 2.24) is 0 Å². The first kappa shape index (κ1) is 12.0. The quantitative estimate of drug-likeness (QED) is 0.738. The van der Waals surface area contributed by atoms with Crippen LogP contribution in [0.2, 0.25) is 0 Å². The van der Waals surface area contributed by atoms with E-state index in [0.717, 1.165) is 29.7 Å². The molecule has 3 heteroatoms. The maximum atomic E-state index is 11.9. The van der Waals surface area contributed by atoms with E-state index in [4.69, 9.17) is 9.47 Å². The second kappa shape index (κ2) is 5.21. The van der Waals surface area contributed by atoms with Gasteiger partial charge in [-0.1, -0.05) is 17.7 Å². The standard InChI is InChI=1S/C14H18O3/c1-3-16-14(15)11-5-4-8-17-13-7-6-10(2)9-12(11)13/h6-7,9,11H,3-5,8H2,1-2H3. The molecule has 1 aromatic rings. The van der Waals surface area contributed by atoms with Crippen molar-refractivity contribution in [3.05, 3.63) is 29.3 Å². The SMILES string of the molecule is CCOC(=O)C1CCCOc2ccc(C)cc21. The topological polar surface area (TPSA) is 35.5 Å². The average molecular weight is 234 g/mol. The third-order valence-corrected chi connectivity index (χ3v) is 3.01. The zero-order chi connectivity index (χ0) is 12.3. The molecule has 92 valence electrons. The average Bonchev–Trinajstić information content (AvgIpc) is 2.51. The van der Waals surface area contributed by atoms with Crippen LogP contribution in [-0.4, -0.2) is 19.2 Å². The maximum absolute atomic E-state index is 11.9. The minimum Gasteiger partial charge on any atom is -0.493 e. The molecular weight excluding hydrogens is 216 g/mol. The van der Waals surface area contributed by atoms with Gasteiger partial charge in [-0.2, -0.15) is 0 Å². The van der Waals surface area contributed by atoms with Crippen LogP contribution < -0.4 is 4.74 Å². The molecule has 0 radical (unpaired) electrons. The largest absolute Gasteiger partial charge is 0.493 e. The molecule has 0 amide bonds. The minimum absolute atomic E-state index is 0.134. The summed E-state index contributed by atoms with van der Waals surface area (Å²) in [5, 5.41) is 0. The van der Waals surface area contributed by atoms with Crippen LogP contribution in [0.4, 0.5) is 0 Å². The summed E-state index contributed by atoms with van der Waals surface area (Å²) in [5.41, 5.74) is 2.12. The van der Waals surface area contributed by atoms with Gasteiger partial charge in [0.1, 0.15) is 5.75 Å². The van der Waals surface area contributed by atoms with Gasteiger partial charge in [-0.25, -0.2) is 0 Å². The molecule has 1 heterocycles.